The molecule has 0 unspecified atom stereocenters. The lowest BCUT2D eigenvalue weighted by Gasteiger charge is -2.32. The van der Waals surface area contributed by atoms with Gasteiger partial charge in [0, 0.05) is 12.8 Å². The lowest BCUT2D eigenvalue weighted by atomic mass is 9.69. The van der Waals surface area contributed by atoms with Gasteiger partial charge in [0.15, 0.2) is 0 Å². The van der Waals surface area contributed by atoms with Gasteiger partial charge in [0.25, 0.3) is 0 Å². The molecule has 0 radical (unpaired) electrons. The summed E-state index contributed by atoms with van der Waals surface area (Å²) in [5, 5.41) is 0. The minimum absolute atomic E-state index is 0.170. The number of Topliss-reactive ketones (excluding diaryl/α,β-unsaturated/α-hetero) is 2. The van der Waals surface area contributed by atoms with Crippen LogP contribution in [-0.4, -0.2) is 11.6 Å². The van der Waals surface area contributed by atoms with Crippen molar-refractivity contribution < 1.29 is 9.59 Å². The number of carbonyl (C=O) groups excluding carboxylic acids is 2. The number of fused-ring (bicyclic) bond motifs is 1. The van der Waals surface area contributed by atoms with Gasteiger partial charge in [0.1, 0.15) is 11.6 Å². The van der Waals surface area contributed by atoms with Gasteiger partial charge in [0.05, 0.1) is 5.41 Å². The van der Waals surface area contributed by atoms with Crippen LogP contribution in [0.15, 0.2) is 18.2 Å². The minimum atomic E-state index is -0.439. The average molecular weight is 272 g/mol. The van der Waals surface area contributed by atoms with E-state index in [0.717, 1.165) is 19.3 Å². The summed E-state index contributed by atoms with van der Waals surface area (Å²) < 4.78 is 0. The largest absolute Gasteiger partial charge is 0.300 e. The maximum absolute atomic E-state index is 12.7. The number of hydrogen-bond acceptors (Lipinski definition) is 2. The van der Waals surface area contributed by atoms with Crippen molar-refractivity contribution in [3.63, 3.8) is 0 Å². The third-order valence-electron chi connectivity index (χ3n) is 4.67. The Bertz CT molecular complexity index is 530. The van der Waals surface area contributed by atoms with E-state index in [4.69, 9.17) is 0 Å². The highest BCUT2D eigenvalue weighted by molar-refractivity contribution is 5.91. The Morgan fingerprint density at radius 3 is 2.70 bits per heavy atom. The first-order chi connectivity index (χ1) is 9.49. The molecule has 0 saturated carbocycles. The molecule has 108 valence electrons. The Kier molecular flexibility index (Phi) is 4.42. The molecule has 1 atom stereocenters. The Morgan fingerprint density at radius 1 is 1.30 bits per heavy atom. The highest BCUT2D eigenvalue weighted by Gasteiger charge is 2.40. The van der Waals surface area contributed by atoms with Crippen LogP contribution in [0.1, 0.15) is 62.6 Å². The van der Waals surface area contributed by atoms with Crippen LogP contribution in [-0.2, 0) is 21.4 Å². The molecule has 0 fully saturated rings. The van der Waals surface area contributed by atoms with Crippen LogP contribution in [0.4, 0.5) is 0 Å². The SMILES string of the molecule is CC[C@]1(CCC(C)=O)C(=O)CCCc2cc(C)ccc21. The van der Waals surface area contributed by atoms with Crippen LogP contribution in [0.3, 0.4) is 0 Å². The molecule has 1 aromatic rings. The predicted molar refractivity (Wildman–Crippen MR) is 81.0 cm³/mol. The van der Waals surface area contributed by atoms with Crippen molar-refractivity contribution in [3.8, 4) is 0 Å². The second-order valence-corrected chi connectivity index (χ2v) is 6.08. The molecule has 0 saturated heterocycles. The van der Waals surface area contributed by atoms with Crippen molar-refractivity contribution in [2.24, 2.45) is 0 Å². The van der Waals surface area contributed by atoms with E-state index in [1.165, 1.54) is 16.7 Å². The molecule has 2 rings (SSSR count). The summed E-state index contributed by atoms with van der Waals surface area (Å²) in [4.78, 5) is 24.1. The highest BCUT2D eigenvalue weighted by Crippen LogP contribution is 2.40. The molecular formula is C18H24O2. The Labute approximate surface area is 121 Å². The molecule has 0 bridgehead atoms. The van der Waals surface area contributed by atoms with Crippen LogP contribution in [0, 0.1) is 6.92 Å². The minimum Gasteiger partial charge on any atom is -0.300 e. The van der Waals surface area contributed by atoms with Gasteiger partial charge >= 0.3 is 0 Å². The molecule has 0 heterocycles. The third kappa shape index (κ3) is 2.70. The van der Waals surface area contributed by atoms with Gasteiger partial charge in [-0.2, -0.15) is 0 Å². The van der Waals surface area contributed by atoms with Crippen molar-refractivity contribution in [1.82, 2.24) is 0 Å². The van der Waals surface area contributed by atoms with Crippen molar-refractivity contribution >= 4 is 11.6 Å². The number of benzene rings is 1. The first kappa shape index (κ1) is 15.0. The Balaban J connectivity index is 2.51. The smallest absolute Gasteiger partial charge is 0.143 e. The molecule has 20 heavy (non-hydrogen) atoms. The molecule has 2 heteroatoms. The average Bonchev–Trinajstić information content (AvgIpc) is 2.53. The van der Waals surface area contributed by atoms with Crippen LogP contribution < -0.4 is 0 Å². The molecule has 0 N–H and O–H groups in total. The second-order valence-electron chi connectivity index (χ2n) is 6.08. The molecule has 1 aliphatic carbocycles. The number of rotatable bonds is 4. The molecule has 0 aromatic heterocycles. The summed E-state index contributed by atoms with van der Waals surface area (Å²) >= 11 is 0. The summed E-state index contributed by atoms with van der Waals surface area (Å²) in [6.45, 7) is 5.78. The van der Waals surface area contributed by atoms with Crippen LogP contribution >= 0.6 is 0 Å². The molecule has 0 spiro atoms. The third-order valence-corrected chi connectivity index (χ3v) is 4.67. The van der Waals surface area contributed by atoms with Crippen LogP contribution in [0.5, 0.6) is 0 Å². The van der Waals surface area contributed by atoms with E-state index in [1.807, 2.05) is 0 Å². The van der Waals surface area contributed by atoms with Gasteiger partial charge in [-0.25, -0.2) is 0 Å². The van der Waals surface area contributed by atoms with Gasteiger partial charge in [-0.1, -0.05) is 30.7 Å². The van der Waals surface area contributed by atoms with E-state index in [-0.39, 0.29) is 5.78 Å². The summed E-state index contributed by atoms with van der Waals surface area (Å²) in [5.41, 5.74) is 3.29. The molecule has 2 nitrogen and oxygen atoms in total. The predicted octanol–water partition coefficient (Wildman–Crippen LogP) is 3.92. The molecular weight excluding hydrogens is 248 g/mol. The van der Waals surface area contributed by atoms with Crippen molar-refractivity contribution in [3.05, 3.63) is 34.9 Å². The molecule has 1 aliphatic rings. The summed E-state index contributed by atoms with van der Waals surface area (Å²) in [5.74, 6) is 0.493. The fourth-order valence-corrected chi connectivity index (χ4v) is 3.45. The number of hydrogen-bond donors (Lipinski definition) is 0. The summed E-state index contributed by atoms with van der Waals surface area (Å²) in [6, 6.07) is 6.43. The van der Waals surface area contributed by atoms with Gasteiger partial charge in [-0.15, -0.1) is 0 Å². The maximum atomic E-state index is 12.7. The molecule has 0 aliphatic heterocycles. The number of aryl methyl sites for hydroxylation is 2. The number of carbonyl (C=O) groups is 2. The van der Waals surface area contributed by atoms with E-state index < -0.39 is 5.41 Å². The Morgan fingerprint density at radius 2 is 2.05 bits per heavy atom. The zero-order valence-corrected chi connectivity index (χ0v) is 12.8. The van der Waals surface area contributed by atoms with Gasteiger partial charge in [0.2, 0.25) is 0 Å². The zero-order chi connectivity index (χ0) is 14.8. The first-order valence-corrected chi connectivity index (χ1v) is 7.62. The molecule has 1 aromatic carbocycles. The zero-order valence-electron chi connectivity index (χ0n) is 12.8. The summed E-state index contributed by atoms with van der Waals surface area (Å²) in [6.07, 6.45) is 4.48. The fraction of sp³-hybridized carbons (Fsp3) is 0.556. The van der Waals surface area contributed by atoms with E-state index in [9.17, 15) is 9.59 Å². The monoisotopic (exact) mass is 272 g/mol. The second kappa shape index (κ2) is 5.90. The van der Waals surface area contributed by atoms with Gasteiger partial charge in [-0.05, 0) is 50.7 Å². The van der Waals surface area contributed by atoms with Crippen molar-refractivity contribution in [1.29, 1.82) is 0 Å². The maximum Gasteiger partial charge on any atom is 0.143 e. The van der Waals surface area contributed by atoms with Gasteiger partial charge < -0.3 is 4.79 Å². The van der Waals surface area contributed by atoms with E-state index >= 15 is 0 Å². The van der Waals surface area contributed by atoms with Crippen molar-refractivity contribution in [2.45, 2.75) is 64.7 Å². The summed E-state index contributed by atoms with van der Waals surface area (Å²) in [7, 11) is 0. The van der Waals surface area contributed by atoms with Gasteiger partial charge in [-0.3, -0.25) is 4.79 Å². The lowest BCUT2D eigenvalue weighted by molar-refractivity contribution is -0.125. The first-order valence-electron chi connectivity index (χ1n) is 7.62. The van der Waals surface area contributed by atoms with Crippen molar-refractivity contribution in [2.75, 3.05) is 0 Å². The van der Waals surface area contributed by atoms with E-state index in [0.29, 0.717) is 25.0 Å². The Hall–Kier alpha value is -1.44. The van der Waals surface area contributed by atoms with E-state index in [1.54, 1.807) is 6.92 Å². The van der Waals surface area contributed by atoms with E-state index in [2.05, 4.69) is 32.0 Å². The lowest BCUT2D eigenvalue weighted by Crippen LogP contribution is -2.35. The fourth-order valence-electron chi connectivity index (χ4n) is 3.45. The van der Waals surface area contributed by atoms with Crippen LogP contribution in [0.25, 0.3) is 0 Å². The molecule has 0 amide bonds. The quantitative estimate of drug-likeness (QED) is 0.779. The van der Waals surface area contributed by atoms with Crippen LogP contribution in [0.2, 0.25) is 0 Å². The standard InChI is InChI=1S/C18H24O2/c1-4-18(11-10-14(3)19)16-9-8-13(2)12-15(16)6-5-7-17(18)20/h8-9,12H,4-7,10-11H2,1-3H3/t18-/m1/s1. The normalized spacial score (nSPS) is 22.2. The number of ketones is 2. The highest BCUT2D eigenvalue weighted by atomic mass is 16.1. The topological polar surface area (TPSA) is 34.1 Å².